The standard InChI is InChI=1S/C17H16FNO2S2/c1-3-12(14-5-4-8-22-14)19-17(20)16-15(21-2)11-9-10(18)6-7-13(11)23-16/h4-9,12H,3H2,1-2H3,(H,19,20)/t12-/m1/s1. The van der Waals surface area contributed by atoms with Crippen LogP contribution in [-0.4, -0.2) is 13.0 Å². The number of fused-ring (bicyclic) bond motifs is 1. The second-order valence-electron chi connectivity index (χ2n) is 5.05. The van der Waals surface area contributed by atoms with Gasteiger partial charge in [-0.3, -0.25) is 4.79 Å². The monoisotopic (exact) mass is 349 g/mol. The van der Waals surface area contributed by atoms with Crippen molar-refractivity contribution in [3.63, 3.8) is 0 Å². The predicted octanol–water partition coefficient (Wildman–Crippen LogP) is 4.99. The number of methoxy groups -OCH3 is 1. The number of nitrogens with one attached hydrogen (secondary N) is 1. The largest absolute Gasteiger partial charge is 0.494 e. The molecule has 0 aliphatic rings. The van der Waals surface area contributed by atoms with Crippen LogP contribution < -0.4 is 10.1 Å². The zero-order valence-electron chi connectivity index (χ0n) is 12.8. The minimum absolute atomic E-state index is 0.0332. The zero-order valence-corrected chi connectivity index (χ0v) is 14.4. The Kier molecular flexibility index (Phi) is 4.63. The zero-order chi connectivity index (χ0) is 16.4. The first kappa shape index (κ1) is 16.0. The summed E-state index contributed by atoms with van der Waals surface area (Å²) in [4.78, 5) is 14.3. The van der Waals surface area contributed by atoms with E-state index in [1.165, 1.54) is 30.6 Å². The molecule has 6 heteroatoms. The van der Waals surface area contributed by atoms with Gasteiger partial charge in [0.1, 0.15) is 16.4 Å². The van der Waals surface area contributed by atoms with Crippen molar-refractivity contribution in [2.45, 2.75) is 19.4 Å². The van der Waals surface area contributed by atoms with Gasteiger partial charge in [0.15, 0.2) is 0 Å². The van der Waals surface area contributed by atoms with Gasteiger partial charge in [0.2, 0.25) is 0 Å². The Balaban J connectivity index is 1.94. The highest BCUT2D eigenvalue weighted by atomic mass is 32.1. The molecule has 0 spiro atoms. The molecule has 1 atom stereocenters. The van der Waals surface area contributed by atoms with Gasteiger partial charge in [0, 0.05) is 15.0 Å². The van der Waals surface area contributed by atoms with Crippen molar-refractivity contribution >= 4 is 38.7 Å². The molecule has 3 nitrogen and oxygen atoms in total. The van der Waals surface area contributed by atoms with E-state index in [0.717, 1.165) is 16.0 Å². The van der Waals surface area contributed by atoms with Crippen LogP contribution >= 0.6 is 22.7 Å². The van der Waals surface area contributed by atoms with E-state index >= 15 is 0 Å². The van der Waals surface area contributed by atoms with E-state index in [-0.39, 0.29) is 17.8 Å². The predicted molar refractivity (Wildman–Crippen MR) is 93.2 cm³/mol. The van der Waals surface area contributed by atoms with Gasteiger partial charge in [-0.25, -0.2) is 4.39 Å². The van der Waals surface area contributed by atoms with Gasteiger partial charge in [0.05, 0.1) is 13.2 Å². The quantitative estimate of drug-likeness (QED) is 0.704. The summed E-state index contributed by atoms with van der Waals surface area (Å²) in [6.07, 6.45) is 0.800. The number of benzene rings is 1. The number of amides is 1. The molecule has 3 rings (SSSR count). The Labute approximate surface area is 141 Å². The number of carbonyl (C=O) groups excluding carboxylic acids is 1. The summed E-state index contributed by atoms with van der Waals surface area (Å²) in [7, 11) is 1.50. The van der Waals surface area contributed by atoms with Gasteiger partial charge in [-0.2, -0.15) is 0 Å². The van der Waals surface area contributed by atoms with Crippen LogP contribution in [0, 0.1) is 5.82 Å². The van der Waals surface area contributed by atoms with Gasteiger partial charge in [-0.1, -0.05) is 13.0 Å². The molecule has 2 aromatic heterocycles. The van der Waals surface area contributed by atoms with Crippen molar-refractivity contribution in [3.05, 3.63) is 51.3 Å². The lowest BCUT2D eigenvalue weighted by atomic mass is 10.2. The van der Waals surface area contributed by atoms with Crippen molar-refractivity contribution in [2.75, 3.05) is 7.11 Å². The van der Waals surface area contributed by atoms with Crippen LogP contribution in [0.2, 0.25) is 0 Å². The average Bonchev–Trinajstić information content (AvgIpc) is 3.19. The maximum absolute atomic E-state index is 13.5. The second-order valence-corrected chi connectivity index (χ2v) is 7.09. The third-order valence-corrected chi connectivity index (χ3v) is 5.75. The molecule has 0 radical (unpaired) electrons. The van der Waals surface area contributed by atoms with Gasteiger partial charge < -0.3 is 10.1 Å². The number of hydrogen-bond donors (Lipinski definition) is 1. The molecule has 120 valence electrons. The minimum Gasteiger partial charge on any atom is -0.494 e. The smallest absolute Gasteiger partial charge is 0.265 e. The molecule has 0 fully saturated rings. The number of hydrogen-bond acceptors (Lipinski definition) is 4. The van der Waals surface area contributed by atoms with E-state index in [1.54, 1.807) is 17.4 Å². The molecule has 23 heavy (non-hydrogen) atoms. The first-order valence-corrected chi connectivity index (χ1v) is 8.94. The number of carbonyl (C=O) groups is 1. The van der Waals surface area contributed by atoms with Gasteiger partial charge in [-0.15, -0.1) is 22.7 Å². The Hall–Kier alpha value is -1.92. The highest BCUT2D eigenvalue weighted by Crippen LogP contribution is 2.38. The lowest BCUT2D eigenvalue weighted by molar-refractivity contribution is 0.0938. The van der Waals surface area contributed by atoms with Crippen molar-refractivity contribution in [1.29, 1.82) is 0 Å². The third kappa shape index (κ3) is 3.09. The highest BCUT2D eigenvalue weighted by Gasteiger charge is 2.22. The summed E-state index contributed by atoms with van der Waals surface area (Å²) in [6, 6.07) is 8.41. The fourth-order valence-electron chi connectivity index (χ4n) is 2.49. The number of rotatable bonds is 5. The van der Waals surface area contributed by atoms with E-state index in [2.05, 4.69) is 5.32 Å². The van der Waals surface area contributed by atoms with Gasteiger partial charge in [-0.05, 0) is 36.1 Å². The lowest BCUT2D eigenvalue weighted by Crippen LogP contribution is -2.27. The fraction of sp³-hybridized carbons (Fsp3) is 0.235. The Bertz CT molecular complexity index is 827. The molecule has 1 aromatic carbocycles. The molecular weight excluding hydrogens is 333 g/mol. The number of thiophene rings is 2. The molecule has 0 saturated heterocycles. The minimum atomic E-state index is -0.342. The van der Waals surface area contributed by atoms with E-state index in [4.69, 9.17) is 4.74 Å². The molecule has 2 heterocycles. The van der Waals surface area contributed by atoms with E-state index in [0.29, 0.717) is 16.0 Å². The van der Waals surface area contributed by atoms with Gasteiger partial charge in [0.25, 0.3) is 5.91 Å². The SMILES string of the molecule is CC[C@@H](NC(=O)c1sc2ccc(F)cc2c1OC)c1cccs1. The first-order valence-electron chi connectivity index (χ1n) is 7.24. The number of ether oxygens (including phenoxy) is 1. The first-order chi connectivity index (χ1) is 11.1. The van der Waals surface area contributed by atoms with Crippen LogP contribution in [0.25, 0.3) is 10.1 Å². The molecule has 0 saturated carbocycles. The molecule has 0 unspecified atom stereocenters. The van der Waals surface area contributed by atoms with Crippen LogP contribution in [0.5, 0.6) is 5.75 Å². The van der Waals surface area contributed by atoms with Crippen LogP contribution in [0.3, 0.4) is 0 Å². The highest BCUT2D eigenvalue weighted by molar-refractivity contribution is 7.21. The van der Waals surface area contributed by atoms with Crippen molar-refractivity contribution in [1.82, 2.24) is 5.32 Å². The van der Waals surface area contributed by atoms with Crippen molar-refractivity contribution < 1.29 is 13.9 Å². The van der Waals surface area contributed by atoms with Crippen LogP contribution in [0.4, 0.5) is 4.39 Å². The molecule has 3 aromatic rings. The average molecular weight is 349 g/mol. The summed E-state index contributed by atoms with van der Waals surface area (Å²) in [5.74, 6) is -0.0997. The molecule has 0 aliphatic carbocycles. The topological polar surface area (TPSA) is 38.3 Å². The van der Waals surface area contributed by atoms with E-state index in [9.17, 15) is 9.18 Å². The molecule has 1 amide bonds. The van der Waals surface area contributed by atoms with Gasteiger partial charge >= 0.3 is 0 Å². The van der Waals surface area contributed by atoms with Crippen LogP contribution in [0.1, 0.15) is 33.9 Å². The number of halogens is 1. The molecular formula is C17H16FNO2S2. The van der Waals surface area contributed by atoms with E-state index < -0.39 is 0 Å². The fourth-order valence-corrected chi connectivity index (χ4v) is 4.40. The van der Waals surface area contributed by atoms with Crippen LogP contribution in [0.15, 0.2) is 35.7 Å². The normalized spacial score (nSPS) is 12.3. The van der Waals surface area contributed by atoms with Crippen molar-refractivity contribution in [3.8, 4) is 5.75 Å². The summed E-state index contributed by atoms with van der Waals surface area (Å²) in [5.41, 5.74) is 0. The van der Waals surface area contributed by atoms with Crippen LogP contribution in [-0.2, 0) is 0 Å². The Morgan fingerprint density at radius 1 is 1.39 bits per heavy atom. The summed E-state index contributed by atoms with van der Waals surface area (Å²) < 4.78 is 19.7. The summed E-state index contributed by atoms with van der Waals surface area (Å²) in [5, 5.41) is 5.67. The second kappa shape index (κ2) is 6.68. The van der Waals surface area contributed by atoms with Crippen molar-refractivity contribution in [2.24, 2.45) is 0 Å². The Morgan fingerprint density at radius 3 is 2.87 bits per heavy atom. The third-order valence-electron chi connectivity index (χ3n) is 3.62. The molecule has 0 bridgehead atoms. The molecule has 0 aliphatic heterocycles. The maximum atomic E-state index is 13.5. The molecule has 1 N–H and O–H groups in total. The Morgan fingerprint density at radius 2 is 2.22 bits per heavy atom. The maximum Gasteiger partial charge on any atom is 0.265 e. The lowest BCUT2D eigenvalue weighted by Gasteiger charge is -2.15. The summed E-state index contributed by atoms with van der Waals surface area (Å²) in [6.45, 7) is 2.03. The van der Waals surface area contributed by atoms with E-state index in [1.807, 2.05) is 24.4 Å². The summed E-state index contributed by atoms with van der Waals surface area (Å²) >= 11 is 2.93.